The molecule has 0 aliphatic carbocycles. The van der Waals surface area contributed by atoms with Crippen molar-refractivity contribution in [2.24, 2.45) is 4.99 Å². The van der Waals surface area contributed by atoms with E-state index in [0.29, 0.717) is 18.1 Å². The Balaban J connectivity index is 1.41. The van der Waals surface area contributed by atoms with Crippen LogP contribution >= 0.6 is 0 Å². The SMILES string of the molecule is CN=CCNC(=O)c1ccc(-c2ccnc(Nc3ccc(N4CCOCC4)cc3)n2)cc1. The molecule has 1 aliphatic rings. The summed E-state index contributed by atoms with van der Waals surface area (Å²) >= 11 is 0. The molecule has 0 saturated carbocycles. The molecule has 3 aromatic rings. The van der Waals surface area contributed by atoms with Crippen LogP contribution in [0.25, 0.3) is 11.3 Å². The largest absolute Gasteiger partial charge is 0.378 e. The Morgan fingerprint density at radius 1 is 1.09 bits per heavy atom. The number of carbonyl (C=O) groups excluding carboxylic acids is 1. The maximum atomic E-state index is 12.1. The Bertz CT molecular complexity index is 1060. The van der Waals surface area contributed by atoms with Gasteiger partial charge in [0, 0.05) is 55.1 Å². The maximum Gasteiger partial charge on any atom is 0.251 e. The minimum Gasteiger partial charge on any atom is -0.378 e. The van der Waals surface area contributed by atoms with Crippen molar-refractivity contribution in [2.75, 3.05) is 50.1 Å². The summed E-state index contributed by atoms with van der Waals surface area (Å²) in [7, 11) is 1.67. The van der Waals surface area contributed by atoms with Gasteiger partial charge < -0.3 is 20.3 Å². The molecule has 0 unspecified atom stereocenters. The van der Waals surface area contributed by atoms with E-state index >= 15 is 0 Å². The molecule has 0 atom stereocenters. The van der Waals surface area contributed by atoms with Gasteiger partial charge in [-0.05, 0) is 42.5 Å². The second-order valence-electron chi connectivity index (χ2n) is 7.26. The molecule has 2 heterocycles. The zero-order chi connectivity index (χ0) is 22.2. The van der Waals surface area contributed by atoms with E-state index in [2.05, 4.69) is 42.6 Å². The number of aromatic nitrogens is 2. The summed E-state index contributed by atoms with van der Waals surface area (Å²) in [5, 5.41) is 6.05. The van der Waals surface area contributed by atoms with Gasteiger partial charge in [0.1, 0.15) is 0 Å². The molecule has 0 bridgehead atoms. The van der Waals surface area contributed by atoms with Crippen molar-refractivity contribution in [1.29, 1.82) is 0 Å². The number of benzene rings is 2. The molecule has 1 amide bonds. The molecule has 8 heteroatoms. The van der Waals surface area contributed by atoms with Crippen LogP contribution in [0.15, 0.2) is 65.8 Å². The lowest BCUT2D eigenvalue weighted by Crippen LogP contribution is -2.36. The van der Waals surface area contributed by atoms with Gasteiger partial charge in [-0.15, -0.1) is 0 Å². The standard InChI is InChI=1S/C24H26N6O2/c1-25-12-13-26-23(31)19-4-2-18(3-5-19)22-10-11-27-24(29-22)28-20-6-8-21(9-7-20)30-14-16-32-17-15-30/h2-12H,13-17H2,1H3,(H,26,31)(H,27,28,29). The monoisotopic (exact) mass is 430 g/mol. The van der Waals surface area contributed by atoms with Gasteiger partial charge in [0.15, 0.2) is 0 Å². The van der Waals surface area contributed by atoms with Crippen LogP contribution in [0.5, 0.6) is 0 Å². The first-order chi connectivity index (χ1) is 15.7. The van der Waals surface area contributed by atoms with Crippen molar-refractivity contribution in [3.63, 3.8) is 0 Å². The molecule has 1 saturated heterocycles. The van der Waals surface area contributed by atoms with Gasteiger partial charge in [0.2, 0.25) is 5.95 Å². The molecule has 1 aromatic heterocycles. The Hall–Kier alpha value is -3.78. The lowest BCUT2D eigenvalue weighted by atomic mass is 10.1. The number of aliphatic imine (C=N–C) groups is 1. The number of nitrogens with zero attached hydrogens (tertiary/aromatic N) is 4. The number of morpholine rings is 1. The van der Waals surface area contributed by atoms with Crippen LogP contribution in [0, 0.1) is 0 Å². The molecule has 2 aromatic carbocycles. The van der Waals surface area contributed by atoms with E-state index in [1.165, 1.54) is 5.69 Å². The van der Waals surface area contributed by atoms with Crippen LogP contribution in [0.4, 0.5) is 17.3 Å². The van der Waals surface area contributed by atoms with E-state index in [0.717, 1.165) is 43.2 Å². The van der Waals surface area contributed by atoms with Crippen LogP contribution in [0.3, 0.4) is 0 Å². The minimum absolute atomic E-state index is 0.137. The zero-order valence-electron chi connectivity index (χ0n) is 18.0. The summed E-state index contributed by atoms with van der Waals surface area (Å²) in [5.41, 5.74) is 4.37. The lowest BCUT2D eigenvalue weighted by Gasteiger charge is -2.28. The van der Waals surface area contributed by atoms with Gasteiger partial charge in [-0.25, -0.2) is 9.97 Å². The molecule has 1 aliphatic heterocycles. The molecule has 2 N–H and O–H groups in total. The number of hydrogen-bond donors (Lipinski definition) is 2. The molecule has 164 valence electrons. The number of nitrogens with one attached hydrogen (secondary N) is 2. The van der Waals surface area contributed by atoms with E-state index in [-0.39, 0.29) is 5.91 Å². The topological polar surface area (TPSA) is 91.7 Å². The minimum atomic E-state index is -0.137. The van der Waals surface area contributed by atoms with Gasteiger partial charge in [-0.3, -0.25) is 9.79 Å². The maximum absolute atomic E-state index is 12.1. The normalized spacial score (nSPS) is 13.8. The van der Waals surface area contributed by atoms with Gasteiger partial charge in [0.05, 0.1) is 25.5 Å². The summed E-state index contributed by atoms with van der Waals surface area (Å²) in [6.07, 6.45) is 3.37. The van der Waals surface area contributed by atoms with E-state index in [4.69, 9.17) is 4.74 Å². The highest BCUT2D eigenvalue weighted by Crippen LogP contribution is 2.23. The summed E-state index contributed by atoms with van der Waals surface area (Å²) in [4.78, 5) is 27.2. The first kappa shape index (κ1) is 21.5. The van der Waals surface area contributed by atoms with Crippen molar-refractivity contribution in [3.8, 4) is 11.3 Å². The second-order valence-corrected chi connectivity index (χ2v) is 7.26. The lowest BCUT2D eigenvalue weighted by molar-refractivity contribution is 0.0959. The molecule has 8 nitrogen and oxygen atoms in total. The van der Waals surface area contributed by atoms with Crippen molar-refractivity contribution in [2.45, 2.75) is 0 Å². The van der Waals surface area contributed by atoms with Crippen LogP contribution in [0.2, 0.25) is 0 Å². The Morgan fingerprint density at radius 3 is 2.56 bits per heavy atom. The van der Waals surface area contributed by atoms with Gasteiger partial charge in [-0.1, -0.05) is 12.1 Å². The fourth-order valence-corrected chi connectivity index (χ4v) is 3.41. The average Bonchev–Trinajstić information content (AvgIpc) is 2.85. The fraction of sp³-hybridized carbons (Fsp3) is 0.250. The molecule has 4 rings (SSSR count). The highest BCUT2D eigenvalue weighted by molar-refractivity contribution is 5.95. The summed E-state index contributed by atoms with van der Waals surface area (Å²) in [6.45, 7) is 3.75. The quantitative estimate of drug-likeness (QED) is 0.560. The number of carbonyl (C=O) groups is 1. The van der Waals surface area contributed by atoms with E-state index in [9.17, 15) is 4.79 Å². The van der Waals surface area contributed by atoms with Crippen LogP contribution < -0.4 is 15.5 Å². The Labute approximate surface area is 187 Å². The van der Waals surface area contributed by atoms with Gasteiger partial charge in [0.25, 0.3) is 5.91 Å². The molecular weight excluding hydrogens is 404 g/mol. The number of anilines is 3. The number of hydrogen-bond acceptors (Lipinski definition) is 7. The summed E-state index contributed by atoms with van der Waals surface area (Å²) < 4.78 is 5.41. The second kappa shape index (κ2) is 10.5. The first-order valence-electron chi connectivity index (χ1n) is 10.5. The van der Waals surface area contributed by atoms with E-state index in [1.54, 1.807) is 31.6 Å². The van der Waals surface area contributed by atoms with Crippen LogP contribution in [-0.2, 0) is 4.74 Å². The van der Waals surface area contributed by atoms with Crippen molar-refractivity contribution in [1.82, 2.24) is 15.3 Å². The fourth-order valence-electron chi connectivity index (χ4n) is 3.41. The number of amides is 1. The predicted molar refractivity (Wildman–Crippen MR) is 127 cm³/mol. The van der Waals surface area contributed by atoms with E-state index < -0.39 is 0 Å². The number of rotatable bonds is 7. The van der Waals surface area contributed by atoms with Crippen molar-refractivity contribution < 1.29 is 9.53 Å². The molecular formula is C24H26N6O2. The third-order valence-corrected chi connectivity index (χ3v) is 5.13. The van der Waals surface area contributed by atoms with Crippen LogP contribution in [0.1, 0.15) is 10.4 Å². The average molecular weight is 431 g/mol. The van der Waals surface area contributed by atoms with Crippen molar-refractivity contribution in [3.05, 3.63) is 66.4 Å². The predicted octanol–water partition coefficient (Wildman–Crippen LogP) is 3.15. The molecule has 0 radical (unpaired) electrons. The Kier molecular flexibility index (Phi) is 7.04. The third-order valence-electron chi connectivity index (χ3n) is 5.13. The first-order valence-corrected chi connectivity index (χ1v) is 10.5. The zero-order valence-corrected chi connectivity index (χ0v) is 18.0. The molecule has 1 fully saturated rings. The van der Waals surface area contributed by atoms with E-state index in [1.807, 2.05) is 30.3 Å². The van der Waals surface area contributed by atoms with Gasteiger partial charge >= 0.3 is 0 Å². The Morgan fingerprint density at radius 2 is 1.84 bits per heavy atom. The number of ether oxygens (including phenoxy) is 1. The van der Waals surface area contributed by atoms with Gasteiger partial charge in [-0.2, -0.15) is 0 Å². The van der Waals surface area contributed by atoms with Crippen molar-refractivity contribution >= 4 is 29.4 Å². The third kappa shape index (κ3) is 5.47. The highest BCUT2D eigenvalue weighted by atomic mass is 16.5. The highest BCUT2D eigenvalue weighted by Gasteiger charge is 2.11. The van der Waals surface area contributed by atoms with Crippen LogP contribution in [-0.4, -0.2) is 62.0 Å². The smallest absolute Gasteiger partial charge is 0.251 e. The summed E-state index contributed by atoms with van der Waals surface area (Å²) in [6, 6.07) is 17.4. The molecule has 32 heavy (non-hydrogen) atoms. The summed E-state index contributed by atoms with van der Waals surface area (Å²) in [5.74, 6) is 0.379. The molecule has 0 spiro atoms.